The van der Waals surface area contributed by atoms with Crippen LogP contribution in [0.4, 0.5) is 5.69 Å². The van der Waals surface area contributed by atoms with Gasteiger partial charge >= 0.3 is 0 Å². The molecule has 0 amide bonds. The van der Waals surface area contributed by atoms with Crippen molar-refractivity contribution in [3.63, 3.8) is 0 Å². The summed E-state index contributed by atoms with van der Waals surface area (Å²) < 4.78 is 0. The van der Waals surface area contributed by atoms with Crippen LogP contribution in [0.1, 0.15) is 5.69 Å². The van der Waals surface area contributed by atoms with Gasteiger partial charge in [-0.05, 0) is 30.3 Å². The molecule has 5 heteroatoms. The van der Waals surface area contributed by atoms with Crippen LogP contribution in [0.15, 0.2) is 42.6 Å². The number of benzene rings is 1. The van der Waals surface area contributed by atoms with Crippen molar-refractivity contribution in [1.29, 1.82) is 0 Å². The van der Waals surface area contributed by atoms with Gasteiger partial charge in [0.05, 0.1) is 22.3 Å². The number of nitrogens with zero attached hydrogens (tertiary/aromatic N) is 1. The monoisotopic (exact) mass is 298 g/mol. The molecule has 0 saturated heterocycles. The lowest BCUT2D eigenvalue weighted by atomic mass is 10.3. The molecular formula is C13H12Cl2N2S. The van der Waals surface area contributed by atoms with Crippen LogP contribution < -0.4 is 5.32 Å². The van der Waals surface area contributed by atoms with Gasteiger partial charge in [0, 0.05) is 17.0 Å². The molecule has 1 aromatic heterocycles. The zero-order chi connectivity index (χ0) is 12.8. The molecule has 94 valence electrons. The number of pyridine rings is 1. The van der Waals surface area contributed by atoms with E-state index in [1.165, 1.54) is 0 Å². The van der Waals surface area contributed by atoms with Crippen molar-refractivity contribution in [1.82, 2.24) is 4.98 Å². The van der Waals surface area contributed by atoms with Gasteiger partial charge in [-0.3, -0.25) is 4.98 Å². The van der Waals surface area contributed by atoms with Crippen LogP contribution in [0.5, 0.6) is 0 Å². The van der Waals surface area contributed by atoms with Crippen molar-refractivity contribution in [2.24, 2.45) is 0 Å². The molecule has 1 heterocycles. The highest BCUT2D eigenvalue weighted by atomic mass is 35.5. The van der Waals surface area contributed by atoms with E-state index in [0.717, 1.165) is 23.0 Å². The zero-order valence-electron chi connectivity index (χ0n) is 9.57. The minimum atomic E-state index is 0.677. The molecule has 0 bridgehead atoms. The fourth-order valence-electron chi connectivity index (χ4n) is 1.40. The van der Waals surface area contributed by atoms with Crippen LogP contribution in [-0.4, -0.2) is 10.9 Å². The lowest BCUT2D eigenvalue weighted by Crippen LogP contribution is -1.99. The second kappa shape index (κ2) is 6.88. The third-order valence-electron chi connectivity index (χ3n) is 2.27. The smallest absolute Gasteiger partial charge is 0.0638 e. The van der Waals surface area contributed by atoms with Crippen LogP contribution in [-0.2, 0) is 5.75 Å². The summed E-state index contributed by atoms with van der Waals surface area (Å²) in [5, 5.41) is 4.60. The van der Waals surface area contributed by atoms with E-state index in [4.69, 9.17) is 23.2 Å². The van der Waals surface area contributed by atoms with E-state index in [-0.39, 0.29) is 0 Å². The van der Waals surface area contributed by atoms with E-state index in [1.807, 2.05) is 24.3 Å². The molecule has 0 radical (unpaired) electrons. The second-order valence-corrected chi connectivity index (χ2v) is 5.44. The quantitative estimate of drug-likeness (QED) is 0.640. The molecule has 2 nitrogen and oxygen atoms in total. The minimum absolute atomic E-state index is 0.677. The summed E-state index contributed by atoms with van der Waals surface area (Å²) in [6.07, 6.45) is 1.80. The van der Waals surface area contributed by atoms with Crippen molar-refractivity contribution < 1.29 is 0 Å². The number of rotatable bonds is 5. The highest BCUT2D eigenvalue weighted by molar-refractivity contribution is 7.98. The summed E-state index contributed by atoms with van der Waals surface area (Å²) in [4.78, 5) is 4.26. The van der Waals surface area contributed by atoms with Crippen LogP contribution in [0.3, 0.4) is 0 Å². The van der Waals surface area contributed by atoms with E-state index < -0.39 is 0 Å². The Morgan fingerprint density at radius 1 is 1.17 bits per heavy atom. The molecule has 0 unspecified atom stereocenters. The van der Waals surface area contributed by atoms with Crippen molar-refractivity contribution in [3.05, 3.63) is 58.3 Å². The third-order valence-corrected chi connectivity index (χ3v) is 3.68. The SMILES string of the molecule is Clc1ccc(Cl)c(NCSCc2ccccn2)c1. The van der Waals surface area contributed by atoms with Gasteiger partial charge in [0.2, 0.25) is 0 Å². The average molecular weight is 299 g/mol. The van der Waals surface area contributed by atoms with Crippen molar-refractivity contribution in [3.8, 4) is 0 Å². The fraction of sp³-hybridized carbons (Fsp3) is 0.154. The van der Waals surface area contributed by atoms with Gasteiger partial charge in [-0.1, -0.05) is 29.3 Å². The van der Waals surface area contributed by atoms with Crippen LogP contribution in [0.2, 0.25) is 10.0 Å². The van der Waals surface area contributed by atoms with E-state index in [2.05, 4.69) is 10.3 Å². The van der Waals surface area contributed by atoms with Gasteiger partial charge in [-0.15, -0.1) is 11.8 Å². The Kier molecular flexibility index (Phi) is 5.17. The van der Waals surface area contributed by atoms with Gasteiger partial charge in [0.25, 0.3) is 0 Å². The van der Waals surface area contributed by atoms with E-state index in [0.29, 0.717) is 10.0 Å². The van der Waals surface area contributed by atoms with E-state index in [9.17, 15) is 0 Å². The van der Waals surface area contributed by atoms with Crippen LogP contribution in [0.25, 0.3) is 0 Å². The Balaban J connectivity index is 1.80. The topological polar surface area (TPSA) is 24.9 Å². The molecule has 2 rings (SSSR count). The maximum Gasteiger partial charge on any atom is 0.0638 e. The molecule has 0 aliphatic heterocycles. The van der Waals surface area contributed by atoms with Crippen molar-refractivity contribution >= 4 is 40.7 Å². The molecule has 0 fully saturated rings. The molecule has 2 aromatic rings. The summed E-state index contributed by atoms with van der Waals surface area (Å²) in [6, 6.07) is 11.3. The van der Waals surface area contributed by atoms with Crippen molar-refractivity contribution in [2.45, 2.75) is 5.75 Å². The first kappa shape index (κ1) is 13.5. The predicted molar refractivity (Wildman–Crippen MR) is 80.5 cm³/mol. The maximum absolute atomic E-state index is 6.05. The van der Waals surface area contributed by atoms with Crippen LogP contribution in [0, 0.1) is 0 Å². The largest absolute Gasteiger partial charge is 0.375 e. The lowest BCUT2D eigenvalue weighted by molar-refractivity contribution is 1.17. The Hall–Kier alpha value is -0.900. The average Bonchev–Trinajstić information content (AvgIpc) is 2.40. The number of nitrogens with one attached hydrogen (secondary N) is 1. The Labute approximate surface area is 121 Å². The highest BCUT2D eigenvalue weighted by Crippen LogP contribution is 2.26. The Morgan fingerprint density at radius 3 is 2.83 bits per heavy atom. The Bertz CT molecular complexity index is 506. The van der Waals surface area contributed by atoms with Gasteiger partial charge in [-0.25, -0.2) is 0 Å². The number of aromatic nitrogens is 1. The summed E-state index contributed by atoms with van der Waals surface area (Å²) in [5.74, 6) is 1.63. The van der Waals surface area contributed by atoms with Gasteiger partial charge in [0.1, 0.15) is 0 Å². The van der Waals surface area contributed by atoms with Gasteiger partial charge < -0.3 is 5.32 Å². The summed E-state index contributed by atoms with van der Waals surface area (Å²) in [6.45, 7) is 0. The zero-order valence-corrected chi connectivity index (χ0v) is 11.9. The number of halogens is 2. The lowest BCUT2D eigenvalue weighted by Gasteiger charge is -2.08. The first-order valence-corrected chi connectivity index (χ1v) is 7.33. The Morgan fingerprint density at radius 2 is 2.06 bits per heavy atom. The number of anilines is 1. The van der Waals surface area contributed by atoms with E-state index >= 15 is 0 Å². The molecule has 18 heavy (non-hydrogen) atoms. The van der Waals surface area contributed by atoms with E-state index in [1.54, 1.807) is 30.1 Å². The first-order valence-electron chi connectivity index (χ1n) is 5.42. The summed E-state index contributed by atoms with van der Waals surface area (Å²) >= 11 is 13.7. The molecule has 0 aliphatic carbocycles. The molecule has 0 atom stereocenters. The molecule has 0 saturated carbocycles. The van der Waals surface area contributed by atoms with Crippen LogP contribution >= 0.6 is 35.0 Å². The van der Waals surface area contributed by atoms with Crippen molar-refractivity contribution in [2.75, 3.05) is 11.2 Å². The second-order valence-electron chi connectivity index (χ2n) is 3.61. The predicted octanol–water partition coefficient (Wildman–Crippen LogP) is 4.69. The minimum Gasteiger partial charge on any atom is -0.375 e. The molecule has 0 aliphatic rings. The molecule has 1 N–H and O–H groups in total. The molecule has 1 aromatic carbocycles. The van der Waals surface area contributed by atoms with Gasteiger partial charge in [0.15, 0.2) is 0 Å². The standard InChI is InChI=1S/C13H12Cl2N2S/c14-10-4-5-12(15)13(7-10)17-9-18-8-11-3-1-2-6-16-11/h1-7,17H,8-9H2. The summed E-state index contributed by atoms with van der Waals surface area (Å²) in [5.41, 5.74) is 1.93. The number of hydrogen-bond acceptors (Lipinski definition) is 3. The fourth-order valence-corrected chi connectivity index (χ4v) is 2.50. The molecular weight excluding hydrogens is 287 g/mol. The van der Waals surface area contributed by atoms with Gasteiger partial charge in [-0.2, -0.15) is 0 Å². The number of hydrogen-bond donors (Lipinski definition) is 1. The normalized spacial score (nSPS) is 10.3. The third kappa shape index (κ3) is 4.09. The first-order chi connectivity index (χ1) is 8.75. The maximum atomic E-state index is 6.05. The highest BCUT2D eigenvalue weighted by Gasteiger charge is 2.00. The molecule has 0 spiro atoms. The number of thioether (sulfide) groups is 1. The summed E-state index contributed by atoms with van der Waals surface area (Å²) in [7, 11) is 0.